The van der Waals surface area contributed by atoms with Crippen LogP contribution in [0.2, 0.25) is 5.02 Å². The molecule has 1 atom stereocenters. The van der Waals surface area contributed by atoms with Crippen LogP contribution in [0.5, 0.6) is 0 Å². The lowest BCUT2D eigenvalue weighted by Crippen LogP contribution is -2.54. The minimum absolute atomic E-state index is 0.0174. The zero-order valence-corrected chi connectivity index (χ0v) is 23.3. The molecule has 0 aliphatic rings. The molecule has 0 fully saturated rings. The Kier molecular flexibility index (Phi) is 9.17. The molecule has 202 valence electrons. The highest BCUT2D eigenvalue weighted by molar-refractivity contribution is 7.92. The number of para-hydroxylation sites is 1. The van der Waals surface area contributed by atoms with Crippen LogP contribution >= 0.6 is 11.6 Å². The summed E-state index contributed by atoms with van der Waals surface area (Å²) in [7, 11) is -4.26. The van der Waals surface area contributed by atoms with Crippen LogP contribution in [0.15, 0.2) is 83.8 Å². The number of rotatable bonds is 9. The summed E-state index contributed by atoms with van der Waals surface area (Å²) in [6.45, 7) is 6.44. The van der Waals surface area contributed by atoms with Crippen LogP contribution in [-0.4, -0.2) is 43.3 Å². The van der Waals surface area contributed by atoms with E-state index in [2.05, 4.69) is 5.32 Å². The fourth-order valence-electron chi connectivity index (χ4n) is 3.72. The van der Waals surface area contributed by atoms with E-state index in [0.29, 0.717) is 10.6 Å². The molecule has 0 saturated carbocycles. The summed E-state index contributed by atoms with van der Waals surface area (Å²) < 4.78 is 41.8. The van der Waals surface area contributed by atoms with Gasteiger partial charge in [0.2, 0.25) is 11.8 Å². The maximum absolute atomic E-state index is 13.8. The minimum atomic E-state index is -4.26. The van der Waals surface area contributed by atoms with Crippen LogP contribution in [0.4, 0.5) is 10.1 Å². The molecule has 2 amide bonds. The zero-order valence-electron chi connectivity index (χ0n) is 21.7. The van der Waals surface area contributed by atoms with Gasteiger partial charge < -0.3 is 10.2 Å². The molecule has 7 nitrogen and oxygen atoms in total. The molecule has 1 unspecified atom stereocenters. The zero-order chi connectivity index (χ0) is 28.1. The third-order valence-electron chi connectivity index (χ3n) is 5.69. The fourth-order valence-corrected chi connectivity index (χ4v) is 5.33. The number of amides is 2. The summed E-state index contributed by atoms with van der Waals surface area (Å²) in [4.78, 5) is 28.0. The molecule has 0 heterocycles. The number of anilines is 1. The largest absolute Gasteiger partial charge is 0.350 e. The summed E-state index contributed by atoms with van der Waals surface area (Å²) in [5, 5.41) is 3.28. The van der Waals surface area contributed by atoms with Gasteiger partial charge in [0.15, 0.2) is 0 Å². The average Bonchev–Trinajstić information content (AvgIpc) is 2.86. The van der Waals surface area contributed by atoms with Crippen molar-refractivity contribution in [2.75, 3.05) is 10.8 Å². The predicted molar refractivity (Wildman–Crippen MR) is 147 cm³/mol. The summed E-state index contributed by atoms with van der Waals surface area (Å²) in [5.41, 5.74) is 0.298. The Morgan fingerprint density at radius 3 is 2.11 bits per heavy atom. The van der Waals surface area contributed by atoms with E-state index in [1.54, 1.807) is 61.5 Å². The Morgan fingerprint density at radius 1 is 0.947 bits per heavy atom. The molecule has 3 aromatic rings. The lowest BCUT2D eigenvalue weighted by Gasteiger charge is -2.33. The SMILES string of the molecule is CC(C(=O)NC(C)(C)C)N(Cc1ccccc1Cl)C(=O)CN(c1ccccc1)S(=O)(=O)c1ccc(F)cc1. The lowest BCUT2D eigenvalue weighted by atomic mass is 10.1. The molecule has 0 saturated heterocycles. The van der Waals surface area contributed by atoms with Crippen LogP contribution < -0.4 is 9.62 Å². The maximum Gasteiger partial charge on any atom is 0.264 e. The first-order valence-corrected chi connectivity index (χ1v) is 13.8. The van der Waals surface area contributed by atoms with Crippen LogP contribution in [0.3, 0.4) is 0 Å². The topological polar surface area (TPSA) is 86.8 Å². The third kappa shape index (κ3) is 7.33. The lowest BCUT2D eigenvalue weighted by molar-refractivity contribution is -0.140. The van der Waals surface area contributed by atoms with Crippen molar-refractivity contribution in [1.29, 1.82) is 0 Å². The van der Waals surface area contributed by atoms with E-state index in [0.717, 1.165) is 28.6 Å². The van der Waals surface area contributed by atoms with E-state index >= 15 is 0 Å². The van der Waals surface area contributed by atoms with E-state index in [-0.39, 0.29) is 17.1 Å². The Hall–Kier alpha value is -3.43. The van der Waals surface area contributed by atoms with Crippen molar-refractivity contribution < 1.29 is 22.4 Å². The van der Waals surface area contributed by atoms with Gasteiger partial charge in [0.1, 0.15) is 18.4 Å². The van der Waals surface area contributed by atoms with Crippen molar-refractivity contribution >= 4 is 39.1 Å². The Morgan fingerprint density at radius 2 is 1.53 bits per heavy atom. The van der Waals surface area contributed by atoms with E-state index in [1.165, 1.54) is 4.90 Å². The first-order valence-electron chi connectivity index (χ1n) is 12.0. The first kappa shape index (κ1) is 29.1. The molecule has 10 heteroatoms. The van der Waals surface area contributed by atoms with Crippen LogP contribution in [0.1, 0.15) is 33.3 Å². The third-order valence-corrected chi connectivity index (χ3v) is 7.85. The van der Waals surface area contributed by atoms with E-state index in [1.807, 2.05) is 20.8 Å². The Bertz CT molecular complexity index is 1380. The number of carbonyl (C=O) groups excluding carboxylic acids is 2. The molecule has 0 aromatic heterocycles. The van der Waals surface area contributed by atoms with Gasteiger partial charge in [-0.05, 0) is 75.7 Å². The number of nitrogens with one attached hydrogen (secondary N) is 1. The summed E-state index contributed by atoms with van der Waals surface area (Å²) >= 11 is 6.36. The summed E-state index contributed by atoms with van der Waals surface area (Å²) in [6, 6.07) is 18.5. The van der Waals surface area contributed by atoms with Gasteiger partial charge >= 0.3 is 0 Å². The van der Waals surface area contributed by atoms with Crippen LogP contribution in [0.25, 0.3) is 0 Å². The number of halogens is 2. The average molecular weight is 560 g/mol. The molecule has 0 bridgehead atoms. The van der Waals surface area contributed by atoms with E-state index < -0.39 is 45.8 Å². The molecule has 0 spiro atoms. The molecule has 1 N–H and O–H groups in total. The van der Waals surface area contributed by atoms with E-state index in [4.69, 9.17) is 11.6 Å². The van der Waals surface area contributed by atoms with Crippen molar-refractivity contribution in [3.05, 3.63) is 95.3 Å². The molecule has 38 heavy (non-hydrogen) atoms. The summed E-state index contributed by atoms with van der Waals surface area (Å²) in [5.74, 6) is -1.60. The number of sulfonamides is 1. The number of hydrogen-bond donors (Lipinski definition) is 1. The number of hydrogen-bond acceptors (Lipinski definition) is 4. The van der Waals surface area contributed by atoms with Crippen molar-refractivity contribution in [3.8, 4) is 0 Å². The van der Waals surface area contributed by atoms with Gasteiger partial charge in [0.05, 0.1) is 10.6 Å². The van der Waals surface area contributed by atoms with Crippen molar-refractivity contribution in [1.82, 2.24) is 10.2 Å². The number of benzene rings is 3. The highest BCUT2D eigenvalue weighted by atomic mass is 35.5. The molecule has 0 aliphatic carbocycles. The second kappa shape index (κ2) is 12.0. The second-order valence-corrected chi connectivity index (χ2v) is 12.1. The van der Waals surface area contributed by atoms with Gasteiger partial charge in [0.25, 0.3) is 10.0 Å². The molecule has 3 rings (SSSR count). The normalized spacial score (nSPS) is 12.5. The van der Waals surface area contributed by atoms with Gasteiger partial charge in [-0.1, -0.05) is 48.0 Å². The monoisotopic (exact) mass is 559 g/mol. The standard InChI is InChI=1S/C28H31ClFN3O4S/c1-20(27(35)31-28(2,3)4)32(18-21-10-8-9-13-25(21)29)26(34)19-33(23-11-6-5-7-12-23)38(36,37)24-16-14-22(30)15-17-24/h5-17,20H,18-19H2,1-4H3,(H,31,35). The van der Waals surface area contributed by atoms with Gasteiger partial charge in [-0.25, -0.2) is 12.8 Å². The van der Waals surface area contributed by atoms with Crippen LogP contribution in [-0.2, 0) is 26.2 Å². The van der Waals surface area contributed by atoms with Gasteiger partial charge in [-0.3, -0.25) is 13.9 Å². The van der Waals surface area contributed by atoms with Crippen molar-refractivity contribution in [2.45, 2.75) is 50.7 Å². The van der Waals surface area contributed by atoms with Crippen molar-refractivity contribution in [2.24, 2.45) is 0 Å². The van der Waals surface area contributed by atoms with Crippen molar-refractivity contribution in [3.63, 3.8) is 0 Å². The quantitative estimate of drug-likeness (QED) is 0.399. The smallest absolute Gasteiger partial charge is 0.264 e. The molecular weight excluding hydrogens is 529 g/mol. The maximum atomic E-state index is 13.8. The second-order valence-electron chi connectivity index (χ2n) is 9.83. The number of nitrogens with zero attached hydrogens (tertiary/aromatic N) is 2. The summed E-state index contributed by atoms with van der Waals surface area (Å²) in [6.07, 6.45) is 0. The predicted octanol–water partition coefficient (Wildman–Crippen LogP) is 5.01. The first-order chi connectivity index (χ1) is 17.8. The fraction of sp³-hybridized carbons (Fsp3) is 0.286. The molecule has 3 aromatic carbocycles. The Labute approximate surface area is 228 Å². The highest BCUT2D eigenvalue weighted by Gasteiger charge is 2.33. The molecule has 0 aliphatic heterocycles. The molecular formula is C28H31ClFN3O4S. The Balaban J connectivity index is 2.02. The van der Waals surface area contributed by atoms with Gasteiger partial charge in [-0.15, -0.1) is 0 Å². The van der Waals surface area contributed by atoms with Gasteiger partial charge in [0, 0.05) is 17.1 Å². The molecule has 0 radical (unpaired) electrons. The minimum Gasteiger partial charge on any atom is -0.350 e. The van der Waals surface area contributed by atoms with Crippen LogP contribution in [0, 0.1) is 5.82 Å². The van der Waals surface area contributed by atoms with Gasteiger partial charge in [-0.2, -0.15) is 0 Å². The van der Waals surface area contributed by atoms with E-state index in [9.17, 15) is 22.4 Å². The number of carbonyl (C=O) groups is 2. The highest BCUT2D eigenvalue weighted by Crippen LogP contribution is 2.25.